The summed E-state index contributed by atoms with van der Waals surface area (Å²) in [5, 5.41) is -0.183. The average Bonchev–Trinajstić information content (AvgIpc) is 2.50. The second-order valence-electron chi connectivity index (χ2n) is 3.21. The number of alkyl halides is 1. The van der Waals surface area contributed by atoms with Crippen LogP contribution in [-0.2, 0) is 4.79 Å². The summed E-state index contributed by atoms with van der Waals surface area (Å²) in [6.07, 6.45) is 1.80. The minimum absolute atomic E-state index is 0.0749. The molecular formula is C8H8BrClN4O. The molecule has 1 saturated heterocycles. The Balaban J connectivity index is 2.37. The molecule has 0 aromatic carbocycles. The molecule has 2 heterocycles. The summed E-state index contributed by atoms with van der Waals surface area (Å²) in [6.45, 7) is 0.426. The molecule has 1 aromatic heterocycles. The van der Waals surface area contributed by atoms with Gasteiger partial charge in [0.25, 0.3) is 0 Å². The second-order valence-corrected chi connectivity index (χ2v) is 4.64. The molecule has 0 aliphatic carbocycles. The van der Waals surface area contributed by atoms with Crippen molar-refractivity contribution in [2.75, 3.05) is 17.2 Å². The number of hydrogen-bond donors (Lipinski definition) is 1. The largest absolute Gasteiger partial charge is 0.381 e. The van der Waals surface area contributed by atoms with Gasteiger partial charge in [-0.05, 0) is 15.9 Å². The first-order chi connectivity index (χ1) is 7.08. The van der Waals surface area contributed by atoms with Gasteiger partial charge in [-0.15, -0.1) is 11.6 Å². The molecule has 1 fully saturated rings. The van der Waals surface area contributed by atoms with Crippen molar-refractivity contribution in [2.45, 2.75) is 11.8 Å². The third kappa shape index (κ3) is 2.05. The summed E-state index contributed by atoms with van der Waals surface area (Å²) < 4.78 is 0.539. The van der Waals surface area contributed by atoms with E-state index < -0.39 is 0 Å². The summed E-state index contributed by atoms with van der Waals surface area (Å²) in [4.78, 5) is 21.0. The van der Waals surface area contributed by atoms with Gasteiger partial charge in [-0.2, -0.15) is 0 Å². The predicted octanol–water partition coefficient (Wildman–Crippen LogP) is 1.17. The SMILES string of the molecule is Nc1ncc(Br)nc1N1CC(Cl)CC1=O. The van der Waals surface area contributed by atoms with E-state index in [-0.39, 0.29) is 17.1 Å². The number of anilines is 2. The molecule has 0 saturated carbocycles. The Bertz CT molecular complexity index is 414. The number of halogens is 2. The van der Waals surface area contributed by atoms with Gasteiger partial charge < -0.3 is 5.73 Å². The van der Waals surface area contributed by atoms with Crippen molar-refractivity contribution in [3.05, 3.63) is 10.8 Å². The highest BCUT2D eigenvalue weighted by atomic mass is 79.9. The number of nitrogens with two attached hydrogens (primary N) is 1. The number of nitrogen functional groups attached to an aromatic ring is 1. The number of carbonyl (C=O) groups excluding carboxylic acids is 1. The molecule has 15 heavy (non-hydrogen) atoms. The van der Waals surface area contributed by atoms with E-state index in [4.69, 9.17) is 17.3 Å². The van der Waals surface area contributed by atoms with E-state index in [1.807, 2.05) is 0 Å². The van der Waals surface area contributed by atoms with Crippen molar-refractivity contribution in [2.24, 2.45) is 0 Å². The zero-order valence-corrected chi connectivity index (χ0v) is 9.99. The molecule has 1 aliphatic rings. The van der Waals surface area contributed by atoms with Crippen molar-refractivity contribution in [3.63, 3.8) is 0 Å². The van der Waals surface area contributed by atoms with Crippen molar-refractivity contribution in [3.8, 4) is 0 Å². The Morgan fingerprint density at radius 1 is 1.67 bits per heavy atom. The lowest BCUT2D eigenvalue weighted by atomic mass is 10.4. The molecule has 0 spiro atoms. The standard InChI is InChI=1S/C8H8BrClN4O/c9-5-2-12-7(11)8(13-5)14-3-4(10)1-6(14)15/h2,4H,1,3H2,(H2,11,12). The molecule has 0 bridgehead atoms. The summed E-state index contributed by atoms with van der Waals surface area (Å²) in [6, 6.07) is 0. The van der Waals surface area contributed by atoms with Crippen molar-refractivity contribution in [1.29, 1.82) is 0 Å². The van der Waals surface area contributed by atoms with Gasteiger partial charge in [-0.1, -0.05) is 0 Å². The van der Waals surface area contributed by atoms with Gasteiger partial charge in [0.2, 0.25) is 5.91 Å². The van der Waals surface area contributed by atoms with E-state index in [0.717, 1.165) is 0 Å². The molecule has 1 aromatic rings. The van der Waals surface area contributed by atoms with Crippen LogP contribution in [0.1, 0.15) is 6.42 Å². The fourth-order valence-electron chi connectivity index (χ4n) is 1.44. The van der Waals surface area contributed by atoms with Crippen LogP contribution in [0.2, 0.25) is 0 Å². The Labute approximate surface area is 99.8 Å². The molecule has 1 amide bonds. The number of aromatic nitrogens is 2. The molecule has 5 nitrogen and oxygen atoms in total. The minimum atomic E-state index is -0.183. The van der Waals surface area contributed by atoms with Crippen LogP contribution >= 0.6 is 27.5 Å². The van der Waals surface area contributed by atoms with Crippen LogP contribution in [0.25, 0.3) is 0 Å². The van der Waals surface area contributed by atoms with Crippen molar-refractivity contribution < 1.29 is 4.79 Å². The topological polar surface area (TPSA) is 72.1 Å². The van der Waals surface area contributed by atoms with Crippen LogP contribution in [0.4, 0.5) is 11.6 Å². The molecule has 0 radical (unpaired) electrons. The first-order valence-electron chi connectivity index (χ1n) is 4.30. The number of hydrogen-bond acceptors (Lipinski definition) is 4. The molecule has 1 aliphatic heterocycles. The van der Waals surface area contributed by atoms with Crippen LogP contribution in [0.5, 0.6) is 0 Å². The van der Waals surface area contributed by atoms with Crippen LogP contribution in [-0.4, -0.2) is 27.8 Å². The monoisotopic (exact) mass is 290 g/mol. The first-order valence-corrected chi connectivity index (χ1v) is 5.53. The van der Waals surface area contributed by atoms with Gasteiger partial charge in [0, 0.05) is 13.0 Å². The van der Waals surface area contributed by atoms with Gasteiger partial charge in [0.1, 0.15) is 4.60 Å². The van der Waals surface area contributed by atoms with Gasteiger partial charge in [-0.25, -0.2) is 9.97 Å². The zero-order valence-electron chi connectivity index (χ0n) is 7.65. The smallest absolute Gasteiger partial charge is 0.229 e. The van der Waals surface area contributed by atoms with E-state index in [1.165, 1.54) is 11.1 Å². The van der Waals surface area contributed by atoms with E-state index in [2.05, 4.69) is 25.9 Å². The number of carbonyl (C=O) groups is 1. The lowest BCUT2D eigenvalue weighted by molar-refractivity contribution is -0.117. The van der Waals surface area contributed by atoms with E-state index >= 15 is 0 Å². The molecule has 80 valence electrons. The Morgan fingerprint density at radius 3 is 3.00 bits per heavy atom. The van der Waals surface area contributed by atoms with Crippen LogP contribution in [0.15, 0.2) is 10.8 Å². The molecule has 1 atom stereocenters. The maximum Gasteiger partial charge on any atom is 0.229 e. The quantitative estimate of drug-likeness (QED) is 0.788. The summed E-state index contributed by atoms with van der Waals surface area (Å²) >= 11 is 9.06. The van der Waals surface area contributed by atoms with Gasteiger partial charge >= 0.3 is 0 Å². The number of amides is 1. The van der Waals surface area contributed by atoms with Crippen LogP contribution < -0.4 is 10.6 Å². The molecule has 2 rings (SSSR count). The third-order valence-corrected chi connectivity index (χ3v) is 2.76. The maximum absolute atomic E-state index is 11.6. The molecule has 2 N–H and O–H groups in total. The average molecular weight is 292 g/mol. The summed E-state index contributed by atoms with van der Waals surface area (Å²) in [7, 11) is 0. The second kappa shape index (κ2) is 3.94. The van der Waals surface area contributed by atoms with Crippen LogP contribution in [0, 0.1) is 0 Å². The van der Waals surface area contributed by atoms with Gasteiger partial charge in [0.05, 0.1) is 11.6 Å². The lowest BCUT2D eigenvalue weighted by Crippen LogP contribution is -2.27. The fraction of sp³-hybridized carbons (Fsp3) is 0.375. The third-order valence-electron chi connectivity index (χ3n) is 2.09. The van der Waals surface area contributed by atoms with E-state index in [1.54, 1.807) is 0 Å². The van der Waals surface area contributed by atoms with Crippen molar-refractivity contribution in [1.82, 2.24) is 9.97 Å². The highest BCUT2D eigenvalue weighted by Crippen LogP contribution is 2.27. The Morgan fingerprint density at radius 2 is 2.40 bits per heavy atom. The van der Waals surface area contributed by atoms with E-state index in [9.17, 15) is 4.79 Å². The zero-order chi connectivity index (χ0) is 11.0. The van der Waals surface area contributed by atoms with Gasteiger partial charge in [0.15, 0.2) is 11.6 Å². The number of rotatable bonds is 1. The highest BCUT2D eigenvalue weighted by Gasteiger charge is 2.31. The maximum atomic E-state index is 11.6. The Hall–Kier alpha value is -0.880. The molecular weight excluding hydrogens is 283 g/mol. The number of nitrogens with zero attached hydrogens (tertiary/aromatic N) is 3. The summed E-state index contributed by atoms with van der Waals surface area (Å²) in [5.41, 5.74) is 5.65. The highest BCUT2D eigenvalue weighted by molar-refractivity contribution is 9.10. The predicted molar refractivity (Wildman–Crippen MR) is 60.8 cm³/mol. The molecule has 1 unspecified atom stereocenters. The lowest BCUT2D eigenvalue weighted by Gasteiger charge is -2.15. The fourth-order valence-corrected chi connectivity index (χ4v) is 1.98. The van der Waals surface area contributed by atoms with Crippen LogP contribution in [0.3, 0.4) is 0 Å². The Kier molecular flexibility index (Phi) is 2.79. The first kappa shape index (κ1) is 10.6. The van der Waals surface area contributed by atoms with Crippen molar-refractivity contribution >= 4 is 45.1 Å². The van der Waals surface area contributed by atoms with E-state index in [0.29, 0.717) is 23.4 Å². The minimum Gasteiger partial charge on any atom is -0.381 e. The summed E-state index contributed by atoms with van der Waals surface area (Å²) in [5.74, 6) is 0.531. The normalized spacial score (nSPS) is 21.1. The van der Waals surface area contributed by atoms with Gasteiger partial charge in [-0.3, -0.25) is 9.69 Å². The molecule has 7 heteroatoms.